The van der Waals surface area contributed by atoms with Crippen LogP contribution in [-0.2, 0) is 22.5 Å². The maximum atomic E-state index is 11.6. The van der Waals surface area contributed by atoms with E-state index in [1.807, 2.05) is 45.0 Å². The van der Waals surface area contributed by atoms with Crippen LogP contribution < -0.4 is 10.5 Å². The van der Waals surface area contributed by atoms with Gasteiger partial charge in [-0.3, -0.25) is 9.69 Å². The molecule has 2 aromatic carbocycles. The van der Waals surface area contributed by atoms with E-state index in [-0.39, 0.29) is 12.1 Å². The summed E-state index contributed by atoms with van der Waals surface area (Å²) in [6.07, 6.45) is 2.19. The lowest BCUT2D eigenvalue weighted by molar-refractivity contribution is -0.143. The van der Waals surface area contributed by atoms with E-state index < -0.39 is 0 Å². The molecule has 0 fully saturated rings. The van der Waals surface area contributed by atoms with Gasteiger partial charge < -0.3 is 19.7 Å². The number of nitrogens with zero attached hydrogens (tertiary/aromatic N) is 3. The predicted octanol–water partition coefficient (Wildman–Crippen LogP) is 4.47. The van der Waals surface area contributed by atoms with Crippen molar-refractivity contribution in [2.24, 2.45) is 0 Å². The van der Waals surface area contributed by atoms with E-state index in [0.29, 0.717) is 36.2 Å². The van der Waals surface area contributed by atoms with Gasteiger partial charge in [0.25, 0.3) is 5.89 Å². The van der Waals surface area contributed by atoms with Crippen LogP contribution in [0.15, 0.2) is 40.9 Å². The SMILES string of the molecule is CCOC(=O)CCCN1CCc2c(cccc2-c2noc(-c3ccc(OC(C)C)c(N)c3)n2)C1. The maximum absolute atomic E-state index is 11.6. The molecule has 0 aliphatic carbocycles. The zero-order chi connectivity index (χ0) is 24.1. The van der Waals surface area contributed by atoms with Crippen LogP contribution in [0.25, 0.3) is 22.8 Å². The number of fused-ring (bicyclic) bond motifs is 1. The van der Waals surface area contributed by atoms with Gasteiger partial charge in [0.2, 0.25) is 5.82 Å². The standard InChI is InChI=1S/C26H32N4O4/c1-4-32-24(31)9-6-13-30-14-12-20-19(16-30)7-5-8-21(20)25-28-26(34-29-25)18-10-11-23(22(27)15-18)33-17(2)3/h5,7-8,10-11,15,17H,4,6,9,12-14,16,27H2,1-3H3. The number of anilines is 1. The summed E-state index contributed by atoms with van der Waals surface area (Å²) < 4.78 is 16.3. The van der Waals surface area contributed by atoms with Crippen LogP contribution in [-0.4, -0.2) is 46.8 Å². The Balaban J connectivity index is 1.46. The Labute approximate surface area is 200 Å². The normalized spacial score (nSPS) is 13.6. The highest BCUT2D eigenvalue weighted by Gasteiger charge is 2.22. The van der Waals surface area contributed by atoms with Gasteiger partial charge in [-0.15, -0.1) is 0 Å². The predicted molar refractivity (Wildman–Crippen MR) is 130 cm³/mol. The molecule has 2 heterocycles. The molecular weight excluding hydrogens is 432 g/mol. The molecule has 1 aliphatic heterocycles. The van der Waals surface area contributed by atoms with E-state index in [4.69, 9.17) is 19.7 Å². The Morgan fingerprint density at radius 2 is 2.12 bits per heavy atom. The molecule has 8 heteroatoms. The molecule has 0 spiro atoms. The van der Waals surface area contributed by atoms with Gasteiger partial charge in [0, 0.05) is 30.6 Å². The van der Waals surface area contributed by atoms with Gasteiger partial charge >= 0.3 is 5.97 Å². The number of rotatable bonds is 9. The highest BCUT2D eigenvalue weighted by molar-refractivity contribution is 5.69. The average Bonchev–Trinajstić information content (AvgIpc) is 3.30. The molecule has 180 valence electrons. The molecule has 34 heavy (non-hydrogen) atoms. The monoisotopic (exact) mass is 464 g/mol. The zero-order valence-corrected chi connectivity index (χ0v) is 20.0. The first kappa shape index (κ1) is 23.8. The summed E-state index contributed by atoms with van der Waals surface area (Å²) in [7, 11) is 0. The number of ether oxygens (including phenoxy) is 2. The first-order chi connectivity index (χ1) is 16.4. The second-order valence-electron chi connectivity index (χ2n) is 8.72. The number of carbonyl (C=O) groups is 1. The van der Waals surface area contributed by atoms with E-state index >= 15 is 0 Å². The lowest BCUT2D eigenvalue weighted by Crippen LogP contribution is -2.32. The van der Waals surface area contributed by atoms with Crippen LogP contribution in [0.3, 0.4) is 0 Å². The van der Waals surface area contributed by atoms with Crippen LogP contribution >= 0.6 is 0 Å². The zero-order valence-electron chi connectivity index (χ0n) is 20.0. The van der Waals surface area contributed by atoms with Crippen molar-refractivity contribution in [1.29, 1.82) is 0 Å². The number of aromatic nitrogens is 2. The minimum atomic E-state index is -0.126. The summed E-state index contributed by atoms with van der Waals surface area (Å²) in [5, 5.41) is 4.25. The molecule has 0 radical (unpaired) electrons. The quantitative estimate of drug-likeness (QED) is 0.365. The fourth-order valence-electron chi connectivity index (χ4n) is 4.24. The molecule has 3 aromatic rings. The summed E-state index contributed by atoms with van der Waals surface area (Å²) in [6.45, 7) is 8.81. The highest BCUT2D eigenvalue weighted by Crippen LogP contribution is 2.32. The summed E-state index contributed by atoms with van der Waals surface area (Å²) in [6, 6.07) is 11.7. The van der Waals surface area contributed by atoms with Crippen LogP contribution in [0.1, 0.15) is 44.7 Å². The third kappa shape index (κ3) is 5.56. The molecule has 4 rings (SSSR count). The fraction of sp³-hybridized carbons (Fsp3) is 0.423. The van der Waals surface area contributed by atoms with Crippen molar-refractivity contribution < 1.29 is 18.8 Å². The minimum absolute atomic E-state index is 0.0425. The van der Waals surface area contributed by atoms with E-state index in [1.165, 1.54) is 11.1 Å². The van der Waals surface area contributed by atoms with Gasteiger partial charge in [0.05, 0.1) is 18.4 Å². The largest absolute Gasteiger partial charge is 0.489 e. The third-order valence-corrected chi connectivity index (χ3v) is 5.79. The molecule has 0 saturated carbocycles. The van der Waals surface area contributed by atoms with Crippen LogP contribution in [0.2, 0.25) is 0 Å². The van der Waals surface area contributed by atoms with Gasteiger partial charge in [-0.2, -0.15) is 4.98 Å². The molecule has 0 saturated heterocycles. The van der Waals surface area contributed by atoms with Gasteiger partial charge in [-0.05, 0) is 69.5 Å². The minimum Gasteiger partial charge on any atom is -0.489 e. The number of benzene rings is 2. The molecule has 1 aliphatic rings. The Hall–Kier alpha value is -3.39. The van der Waals surface area contributed by atoms with Gasteiger partial charge in [-0.1, -0.05) is 23.4 Å². The van der Waals surface area contributed by atoms with Crippen molar-refractivity contribution in [1.82, 2.24) is 15.0 Å². The van der Waals surface area contributed by atoms with Crippen molar-refractivity contribution in [2.75, 3.05) is 25.4 Å². The molecular formula is C26H32N4O4. The Kier molecular flexibility index (Phi) is 7.47. The molecule has 0 atom stereocenters. The molecule has 1 aromatic heterocycles. The van der Waals surface area contributed by atoms with E-state index in [0.717, 1.165) is 43.6 Å². The van der Waals surface area contributed by atoms with Gasteiger partial charge in [0.1, 0.15) is 5.75 Å². The van der Waals surface area contributed by atoms with Crippen molar-refractivity contribution in [3.8, 4) is 28.6 Å². The van der Waals surface area contributed by atoms with Crippen LogP contribution in [0, 0.1) is 0 Å². The number of nitrogen functional groups attached to an aromatic ring is 1. The fourth-order valence-corrected chi connectivity index (χ4v) is 4.24. The van der Waals surface area contributed by atoms with Crippen molar-refractivity contribution >= 4 is 11.7 Å². The smallest absolute Gasteiger partial charge is 0.305 e. The van der Waals surface area contributed by atoms with E-state index in [1.54, 1.807) is 6.07 Å². The Morgan fingerprint density at radius 3 is 2.88 bits per heavy atom. The number of hydrogen-bond donors (Lipinski definition) is 1. The van der Waals surface area contributed by atoms with Crippen molar-refractivity contribution in [3.63, 3.8) is 0 Å². The number of nitrogens with two attached hydrogens (primary N) is 1. The summed E-state index contributed by atoms with van der Waals surface area (Å²) in [5.41, 5.74) is 10.9. The summed E-state index contributed by atoms with van der Waals surface area (Å²) >= 11 is 0. The summed E-state index contributed by atoms with van der Waals surface area (Å²) in [4.78, 5) is 18.6. The lowest BCUT2D eigenvalue weighted by Gasteiger charge is -2.29. The van der Waals surface area contributed by atoms with Crippen molar-refractivity contribution in [3.05, 3.63) is 47.5 Å². The maximum Gasteiger partial charge on any atom is 0.305 e. The first-order valence-electron chi connectivity index (χ1n) is 11.8. The van der Waals surface area contributed by atoms with Crippen molar-refractivity contribution in [2.45, 2.75) is 52.7 Å². The second-order valence-corrected chi connectivity index (χ2v) is 8.72. The Morgan fingerprint density at radius 1 is 1.26 bits per heavy atom. The molecule has 0 amide bonds. The molecule has 0 bridgehead atoms. The topological polar surface area (TPSA) is 104 Å². The Bertz CT molecular complexity index is 1140. The van der Waals surface area contributed by atoms with Crippen LogP contribution in [0.4, 0.5) is 5.69 Å². The highest BCUT2D eigenvalue weighted by atomic mass is 16.5. The third-order valence-electron chi connectivity index (χ3n) is 5.79. The number of esters is 1. The van der Waals surface area contributed by atoms with Gasteiger partial charge in [0.15, 0.2) is 0 Å². The van der Waals surface area contributed by atoms with E-state index in [9.17, 15) is 4.79 Å². The van der Waals surface area contributed by atoms with E-state index in [2.05, 4.69) is 21.1 Å². The average molecular weight is 465 g/mol. The first-order valence-corrected chi connectivity index (χ1v) is 11.8. The molecule has 0 unspecified atom stereocenters. The molecule has 2 N–H and O–H groups in total. The second kappa shape index (κ2) is 10.7. The van der Waals surface area contributed by atoms with Gasteiger partial charge in [-0.25, -0.2) is 0 Å². The lowest BCUT2D eigenvalue weighted by atomic mass is 9.94. The molecule has 8 nitrogen and oxygen atoms in total. The number of carbonyl (C=O) groups excluding carboxylic acids is 1. The van der Waals surface area contributed by atoms with Crippen LogP contribution in [0.5, 0.6) is 5.75 Å². The number of hydrogen-bond acceptors (Lipinski definition) is 8. The summed E-state index contributed by atoms with van der Waals surface area (Å²) in [5.74, 6) is 1.51.